The summed E-state index contributed by atoms with van der Waals surface area (Å²) in [5.74, 6) is -0.459. The van der Waals surface area contributed by atoms with E-state index >= 15 is 0 Å². The van der Waals surface area contributed by atoms with Gasteiger partial charge in [-0.25, -0.2) is 0 Å². The highest BCUT2D eigenvalue weighted by Crippen LogP contribution is 2.32. The van der Waals surface area contributed by atoms with Crippen molar-refractivity contribution in [1.82, 2.24) is 0 Å². The second kappa shape index (κ2) is 6.66. The lowest BCUT2D eigenvalue weighted by atomic mass is 9.76. The van der Waals surface area contributed by atoms with Gasteiger partial charge in [-0.15, -0.1) is 0 Å². The van der Waals surface area contributed by atoms with E-state index in [1.807, 2.05) is 0 Å². The molecule has 1 aliphatic rings. The summed E-state index contributed by atoms with van der Waals surface area (Å²) in [6, 6.07) is 0. The molecule has 1 rings (SSSR count). The van der Waals surface area contributed by atoms with Crippen LogP contribution in [0.15, 0.2) is 0 Å². The summed E-state index contributed by atoms with van der Waals surface area (Å²) in [5.41, 5.74) is 0. The first-order valence-corrected chi connectivity index (χ1v) is 6.40. The molecule has 0 aromatic carbocycles. The number of rotatable bonds is 5. The molecule has 3 nitrogen and oxygen atoms in total. The van der Waals surface area contributed by atoms with E-state index in [0.29, 0.717) is 13.0 Å². The van der Waals surface area contributed by atoms with E-state index in [1.165, 1.54) is 0 Å². The average molecular weight is 226 g/mol. The first-order valence-electron chi connectivity index (χ1n) is 6.40. The van der Waals surface area contributed by atoms with Crippen molar-refractivity contribution >= 4 is 11.8 Å². The Labute approximate surface area is 97.5 Å². The Balaban J connectivity index is 2.63. The molecule has 0 aromatic rings. The predicted molar refractivity (Wildman–Crippen MR) is 62.0 cm³/mol. The van der Waals surface area contributed by atoms with Gasteiger partial charge in [-0.1, -0.05) is 19.8 Å². The minimum absolute atomic E-state index is 0.0887. The standard InChI is InChI=1S/C13H22O3/c1-3-5-7-10-8-6-9-11(14)12(10)13(15)16-4-2/h10,12H,3-9H2,1-2H3. The van der Waals surface area contributed by atoms with Crippen LogP contribution in [0.3, 0.4) is 0 Å². The number of esters is 1. The van der Waals surface area contributed by atoms with Crippen molar-refractivity contribution in [2.45, 2.75) is 52.4 Å². The van der Waals surface area contributed by atoms with Gasteiger partial charge in [-0.3, -0.25) is 9.59 Å². The molecular weight excluding hydrogens is 204 g/mol. The molecule has 2 atom stereocenters. The number of carbonyl (C=O) groups is 2. The van der Waals surface area contributed by atoms with E-state index < -0.39 is 5.92 Å². The van der Waals surface area contributed by atoms with Crippen molar-refractivity contribution in [3.63, 3.8) is 0 Å². The zero-order chi connectivity index (χ0) is 12.0. The van der Waals surface area contributed by atoms with Gasteiger partial charge >= 0.3 is 5.97 Å². The number of hydrogen-bond donors (Lipinski definition) is 0. The van der Waals surface area contributed by atoms with Crippen molar-refractivity contribution in [2.24, 2.45) is 11.8 Å². The van der Waals surface area contributed by atoms with E-state index in [1.54, 1.807) is 6.92 Å². The van der Waals surface area contributed by atoms with Gasteiger partial charge in [-0.05, 0) is 32.1 Å². The van der Waals surface area contributed by atoms with Crippen LogP contribution in [0.25, 0.3) is 0 Å². The van der Waals surface area contributed by atoms with E-state index in [0.717, 1.165) is 32.1 Å². The molecule has 0 amide bonds. The smallest absolute Gasteiger partial charge is 0.316 e. The van der Waals surface area contributed by atoms with Crippen molar-refractivity contribution in [1.29, 1.82) is 0 Å². The molecule has 0 saturated heterocycles. The minimum atomic E-state index is -0.472. The Kier molecular flexibility index (Phi) is 5.50. The molecule has 0 aliphatic heterocycles. The number of ether oxygens (including phenoxy) is 1. The molecule has 3 heteroatoms. The van der Waals surface area contributed by atoms with Crippen LogP contribution < -0.4 is 0 Å². The molecule has 16 heavy (non-hydrogen) atoms. The second-order valence-corrected chi connectivity index (χ2v) is 4.49. The number of Topliss-reactive ketones (excluding diaryl/α,β-unsaturated/α-hetero) is 1. The molecule has 2 unspecified atom stereocenters. The minimum Gasteiger partial charge on any atom is -0.465 e. The van der Waals surface area contributed by atoms with Crippen LogP contribution in [0, 0.1) is 11.8 Å². The first kappa shape index (κ1) is 13.2. The fraction of sp³-hybridized carbons (Fsp3) is 0.846. The molecule has 92 valence electrons. The van der Waals surface area contributed by atoms with Gasteiger partial charge in [0.25, 0.3) is 0 Å². The van der Waals surface area contributed by atoms with Gasteiger partial charge in [0.15, 0.2) is 0 Å². The first-order chi connectivity index (χ1) is 7.70. The van der Waals surface area contributed by atoms with Gasteiger partial charge in [0, 0.05) is 6.42 Å². The lowest BCUT2D eigenvalue weighted by Gasteiger charge is -2.28. The maximum atomic E-state index is 11.8. The quantitative estimate of drug-likeness (QED) is 0.534. The molecule has 0 radical (unpaired) electrons. The third kappa shape index (κ3) is 3.32. The van der Waals surface area contributed by atoms with E-state index in [-0.39, 0.29) is 17.7 Å². The summed E-state index contributed by atoms with van der Waals surface area (Å²) in [6.45, 7) is 4.28. The van der Waals surface area contributed by atoms with Crippen molar-refractivity contribution in [3.05, 3.63) is 0 Å². The Hall–Kier alpha value is -0.860. The third-order valence-corrected chi connectivity index (χ3v) is 3.29. The molecule has 0 N–H and O–H groups in total. The molecule has 1 aliphatic carbocycles. The van der Waals surface area contributed by atoms with Crippen LogP contribution >= 0.6 is 0 Å². The zero-order valence-corrected chi connectivity index (χ0v) is 10.3. The van der Waals surface area contributed by atoms with Gasteiger partial charge in [0.1, 0.15) is 11.7 Å². The summed E-state index contributed by atoms with van der Waals surface area (Å²) in [7, 11) is 0. The third-order valence-electron chi connectivity index (χ3n) is 3.29. The number of ketones is 1. The van der Waals surface area contributed by atoms with E-state index in [9.17, 15) is 9.59 Å². The fourth-order valence-electron chi connectivity index (χ4n) is 2.46. The van der Waals surface area contributed by atoms with Crippen LogP contribution in [-0.2, 0) is 14.3 Å². The number of carbonyl (C=O) groups excluding carboxylic acids is 2. The Morgan fingerprint density at radius 3 is 2.81 bits per heavy atom. The van der Waals surface area contributed by atoms with Crippen LogP contribution in [0.5, 0.6) is 0 Å². The molecule has 0 bridgehead atoms. The number of unbranched alkanes of at least 4 members (excludes halogenated alkanes) is 1. The van der Waals surface area contributed by atoms with Gasteiger partial charge in [0.2, 0.25) is 0 Å². The second-order valence-electron chi connectivity index (χ2n) is 4.49. The highest BCUT2D eigenvalue weighted by atomic mass is 16.5. The lowest BCUT2D eigenvalue weighted by Crippen LogP contribution is -2.36. The summed E-state index contributed by atoms with van der Waals surface area (Å²) < 4.78 is 5.00. The van der Waals surface area contributed by atoms with Crippen LogP contribution in [0.2, 0.25) is 0 Å². The van der Waals surface area contributed by atoms with Crippen LogP contribution in [-0.4, -0.2) is 18.4 Å². The Morgan fingerprint density at radius 2 is 2.19 bits per heavy atom. The van der Waals surface area contributed by atoms with Crippen molar-refractivity contribution < 1.29 is 14.3 Å². The predicted octanol–water partition coefficient (Wildman–Crippen LogP) is 2.73. The highest BCUT2D eigenvalue weighted by molar-refractivity contribution is 5.99. The van der Waals surface area contributed by atoms with Crippen molar-refractivity contribution in [3.8, 4) is 0 Å². The summed E-state index contributed by atoms with van der Waals surface area (Å²) in [5, 5.41) is 0. The SMILES string of the molecule is CCCCC1CCCC(=O)C1C(=O)OCC. The van der Waals surface area contributed by atoms with Gasteiger partial charge in [-0.2, -0.15) is 0 Å². The summed E-state index contributed by atoms with van der Waals surface area (Å²) >= 11 is 0. The molecule has 0 spiro atoms. The maximum Gasteiger partial charge on any atom is 0.316 e. The van der Waals surface area contributed by atoms with E-state index in [4.69, 9.17) is 4.74 Å². The zero-order valence-electron chi connectivity index (χ0n) is 10.3. The molecule has 0 heterocycles. The lowest BCUT2D eigenvalue weighted by molar-refractivity contribution is -0.155. The normalized spacial score (nSPS) is 25.5. The average Bonchev–Trinajstić information content (AvgIpc) is 2.26. The van der Waals surface area contributed by atoms with Crippen LogP contribution in [0.4, 0.5) is 0 Å². The largest absolute Gasteiger partial charge is 0.465 e. The molecule has 0 aromatic heterocycles. The fourth-order valence-corrected chi connectivity index (χ4v) is 2.46. The Bertz CT molecular complexity index is 248. The van der Waals surface area contributed by atoms with Gasteiger partial charge in [0.05, 0.1) is 6.61 Å². The highest BCUT2D eigenvalue weighted by Gasteiger charge is 2.37. The monoisotopic (exact) mass is 226 g/mol. The topological polar surface area (TPSA) is 43.4 Å². The summed E-state index contributed by atoms with van der Waals surface area (Å²) in [4.78, 5) is 23.5. The molecular formula is C13H22O3. The molecule has 1 saturated carbocycles. The Morgan fingerprint density at radius 1 is 1.44 bits per heavy atom. The molecule has 1 fully saturated rings. The van der Waals surface area contributed by atoms with Gasteiger partial charge < -0.3 is 4.74 Å². The van der Waals surface area contributed by atoms with Crippen LogP contribution in [0.1, 0.15) is 52.4 Å². The van der Waals surface area contributed by atoms with Crippen molar-refractivity contribution in [2.75, 3.05) is 6.61 Å². The summed E-state index contributed by atoms with van der Waals surface area (Å²) in [6.07, 6.45) is 5.66. The number of hydrogen-bond acceptors (Lipinski definition) is 3. The van der Waals surface area contributed by atoms with E-state index in [2.05, 4.69) is 6.92 Å². The maximum absolute atomic E-state index is 11.8.